The molecule has 0 fully saturated rings. The number of ether oxygens (including phenoxy) is 1. The lowest BCUT2D eigenvalue weighted by Gasteiger charge is -2.01. The first-order valence-corrected chi connectivity index (χ1v) is 6.59. The normalized spacial score (nSPS) is 10.7. The van der Waals surface area contributed by atoms with Crippen LogP contribution in [0.1, 0.15) is 4.88 Å². The van der Waals surface area contributed by atoms with Crippen LogP contribution in [0.2, 0.25) is 0 Å². The Balaban J connectivity index is 2.22. The van der Waals surface area contributed by atoms with Crippen molar-refractivity contribution >= 4 is 16.5 Å². The first-order chi connectivity index (χ1) is 9.11. The molecule has 2 rings (SSSR count). The molecule has 102 valence electrons. The van der Waals surface area contributed by atoms with Crippen LogP contribution in [-0.2, 0) is 4.74 Å². The van der Waals surface area contributed by atoms with Crippen LogP contribution in [0.15, 0.2) is 18.2 Å². The zero-order valence-corrected chi connectivity index (χ0v) is 11.5. The second-order valence-corrected chi connectivity index (χ2v) is 5.18. The number of benzene rings is 1. The summed E-state index contributed by atoms with van der Waals surface area (Å²) in [5.74, 6) is -1.71. The number of aromatic nitrogens is 1. The standard InChI is InChI=1S/C13H14F2N2OS/c1-8-12(9-3-4-10(14)11(15)7-9)17-13(19-8)16-5-6-18-2/h3-4,7H,5-6H2,1-2H3,(H,16,17). The summed E-state index contributed by atoms with van der Waals surface area (Å²) < 4.78 is 31.1. The molecule has 3 nitrogen and oxygen atoms in total. The van der Waals surface area contributed by atoms with Crippen LogP contribution in [-0.4, -0.2) is 25.2 Å². The third-order valence-corrected chi connectivity index (χ3v) is 3.50. The van der Waals surface area contributed by atoms with Crippen molar-refractivity contribution < 1.29 is 13.5 Å². The van der Waals surface area contributed by atoms with Crippen molar-refractivity contribution in [2.75, 3.05) is 25.6 Å². The Morgan fingerprint density at radius 2 is 2.11 bits per heavy atom. The maximum Gasteiger partial charge on any atom is 0.183 e. The van der Waals surface area contributed by atoms with Crippen molar-refractivity contribution in [1.82, 2.24) is 4.98 Å². The average molecular weight is 284 g/mol. The van der Waals surface area contributed by atoms with Crippen molar-refractivity contribution in [1.29, 1.82) is 0 Å². The molecule has 0 atom stereocenters. The third-order valence-electron chi connectivity index (χ3n) is 2.57. The summed E-state index contributed by atoms with van der Waals surface area (Å²) in [6, 6.07) is 3.80. The topological polar surface area (TPSA) is 34.1 Å². The van der Waals surface area contributed by atoms with E-state index >= 15 is 0 Å². The minimum absolute atomic E-state index is 0.576. The van der Waals surface area contributed by atoms with E-state index in [1.54, 1.807) is 7.11 Å². The summed E-state index contributed by atoms with van der Waals surface area (Å²) in [4.78, 5) is 5.34. The van der Waals surface area contributed by atoms with Crippen molar-refractivity contribution in [3.8, 4) is 11.3 Å². The zero-order valence-electron chi connectivity index (χ0n) is 10.7. The van der Waals surface area contributed by atoms with E-state index in [0.29, 0.717) is 24.4 Å². The summed E-state index contributed by atoms with van der Waals surface area (Å²) in [7, 11) is 1.63. The molecule has 1 aromatic carbocycles. The minimum atomic E-state index is -0.862. The molecular formula is C13H14F2N2OS. The number of hydrogen-bond donors (Lipinski definition) is 1. The fourth-order valence-electron chi connectivity index (χ4n) is 1.64. The van der Waals surface area contributed by atoms with Gasteiger partial charge in [0, 0.05) is 24.1 Å². The number of halogens is 2. The van der Waals surface area contributed by atoms with E-state index in [1.165, 1.54) is 17.4 Å². The van der Waals surface area contributed by atoms with Gasteiger partial charge in [0.15, 0.2) is 16.8 Å². The van der Waals surface area contributed by atoms with E-state index in [1.807, 2.05) is 6.92 Å². The Bertz CT molecular complexity index is 572. The highest BCUT2D eigenvalue weighted by molar-refractivity contribution is 7.16. The largest absolute Gasteiger partial charge is 0.383 e. The number of aryl methyl sites for hydroxylation is 1. The summed E-state index contributed by atoms with van der Waals surface area (Å²) in [5, 5.41) is 3.86. The maximum atomic E-state index is 13.2. The first kappa shape index (κ1) is 13.9. The first-order valence-electron chi connectivity index (χ1n) is 5.77. The van der Waals surface area contributed by atoms with Gasteiger partial charge in [-0.05, 0) is 25.1 Å². The van der Waals surface area contributed by atoms with Crippen LogP contribution in [0.5, 0.6) is 0 Å². The molecule has 0 spiro atoms. The molecule has 1 heterocycles. The zero-order chi connectivity index (χ0) is 13.8. The molecule has 0 amide bonds. The number of hydrogen-bond acceptors (Lipinski definition) is 4. The molecule has 0 aliphatic heterocycles. The van der Waals surface area contributed by atoms with E-state index in [4.69, 9.17) is 4.74 Å². The lowest BCUT2D eigenvalue weighted by Crippen LogP contribution is -2.07. The predicted octanol–water partition coefficient (Wildman–Crippen LogP) is 3.46. The number of nitrogens with one attached hydrogen (secondary N) is 1. The van der Waals surface area contributed by atoms with Gasteiger partial charge in [-0.2, -0.15) is 0 Å². The quantitative estimate of drug-likeness (QED) is 0.854. The number of nitrogens with zero attached hydrogens (tertiary/aromatic N) is 1. The number of anilines is 1. The van der Waals surface area contributed by atoms with Crippen LogP contribution in [0, 0.1) is 18.6 Å². The lowest BCUT2D eigenvalue weighted by atomic mass is 10.1. The molecule has 2 aromatic rings. The molecule has 0 aliphatic rings. The van der Waals surface area contributed by atoms with Crippen LogP contribution >= 0.6 is 11.3 Å². The summed E-state index contributed by atoms with van der Waals surface area (Å²) in [6.45, 7) is 3.13. The van der Waals surface area contributed by atoms with Crippen LogP contribution < -0.4 is 5.32 Å². The fourth-order valence-corrected chi connectivity index (χ4v) is 2.50. The molecule has 0 radical (unpaired) electrons. The number of methoxy groups -OCH3 is 1. The maximum absolute atomic E-state index is 13.2. The minimum Gasteiger partial charge on any atom is -0.383 e. The van der Waals surface area contributed by atoms with Gasteiger partial charge >= 0.3 is 0 Å². The molecule has 0 unspecified atom stereocenters. The highest BCUT2D eigenvalue weighted by Gasteiger charge is 2.11. The molecule has 0 saturated carbocycles. The summed E-state index contributed by atoms with van der Waals surface area (Å²) in [5.41, 5.74) is 1.25. The second-order valence-electron chi connectivity index (χ2n) is 3.97. The average Bonchev–Trinajstić information content (AvgIpc) is 2.74. The lowest BCUT2D eigenvalue weighted by molar-refractivity contribution is 0.211. The molecule has 19 heavy (non-hydrogen) atoms. The van der Waals surface area contributed by atoms with E-state index < -0.39 is 11.6 Å². The van der Waals surface area contributed by atoms with Gasteiger partial charge in [-0.1, -0.05) is 0 Å². The Hall–Kier alpha value is -1.53. The van der Waals surface area contributed by atoms with Crippen LogP contribution in [0.4, 0.5) is 13.9 Å². The molecule has 0 bridgehead atoms. The van der Waals surface area contributed by atoms with Crippen molar-refractivity contribution in [2.45, 2.75) is 6.92 Å². The monoisotopic (exact) mass is 284 g/mol. The molecule has 1 N–H and O–H groups in total. The predicted molar refractivity (Wildman–Crippen MR) is 72.6 cm³/mol. The van der Waals surface area contributed by atoms with E-state index in [2.05, 4.69) is 10.3 Å². The van der Waals surface area contributed by atoms with Gasteiger partial charge in [0.2, 0.25) is 0 Å². The smallest absolute Gasteiger partial charge is 0.183 e. The van der Waals surface area contributed by atoms with Gasteiger partial charge in [-0.15, -0.1) is 11.3 Å². The van der Waals surface area contributed by atoms with E-state index in [9.17, 15) is 8.78 Å². The molecule has 1 aromatic heterocycles. The highest BCUT2D eigenvalue weighted by Crippen LogP contribution is 2.30. The van der Waals surface area contributed by atoms with Crippen molar-refractivity contribution in [3.05, 3.63) is 34.7 Å². The van der Waals surface area contributed by atoms with Gasteiger partial charge in [-0.25, -0.2) is 13.8 Å². The highest BCUT2D eigenvalue weighted by atomic mass is 32.1. The Morgan fingerprint density at radius 1 is 1.32 bits per heavy atom. The van der Waals surface area contributed by atoms with Crippen molar-refractivity contribution in [2.24, 2.45) is 0 Å². The number of rotatable bonds is 5. The second kappa shape index (κ2) is 6.08. The van der Waals surface area contributed by atoms with E-state index in [-0.39, 0.29) is 0 Å². The SMILES string of the molecule is COCCNc1nc(-c2ccc(F)c(F)c2)c(C)s1. The Kier molecular flexibility index (Phi) is 4.44. The van der Waals surface area contributed by atoms with Gasteiger partial charge in [0.25, 0.3) is 0 Å². The van der Waals surface area contributed by atoms with Gasteiger partial charge in [0.1, 0.15) is 0 Å². The molecule has 6 heteroatoms. The Morgan fingerprint density at radius 3 is 2.79 bits per heavy atom. The van der Waals surface area contributed by atoms with Crippen LogP contribution in [0.3, 0.4) is 0 Å². The summed E-state index contributed by atoms with van der Waals surface area (Å²) >= 11 is 1.48. The molecule has 0 saturated heterocycles. The molecule has 0 aliphatic carbocycles. The molecular weight excluding hydrogens is 270 g/mol. The van der Waals surface area contributed by atoms with Crippen LogP contribution in [0.25, 0.3) is 11.3 Å². The van der Waals surface area contributed by atoms with Gasteiger partial charge in [0.05, 0.1) is 12.3 Å². The fraction of sp³-hybridized carbons (Fsp3) is 0.308. The van der Waals surface area contributed by atoms with Gasteiger partial charge in [-0.3, -0.25) is 0 Å². The number of thiazole rings is 1. The summed E-state index contributed by atoms with van der Waals surface area (Å²) in [6.07, 6.45) is 0. The third kappa shape index (κ3) is 3.27. The Labute approximate surface area is 114 Å². The van der Waals surface area contributed by atoms with E-state index in [0.717, 1.165) is 22.1 Å². The van der Waals surface area contributed by atoms with Gasteiger partial charge < -0.3 is 10.1 Å². The van der Waals surface area contributed by atoms with Crippen molar-refractivity contribution in [3.63, 3.8) is 0 Å².